The van der Waals surface area contributed by atoms with Gasteiger partial charge in [0.15, 0.2) is 0 Å². The highest BCUT2D eigenvalue weighted by Gasteiger charge is 2.30. The summed E-state index contributed by atoms with van der Waals surface area (Å²) in [5.74, 6) is 0.0403. The zero-order chi connectivity index (χ0) is 20.9. The zero-order valence-electron chi connectivity index (χ0n) is 15.3. The molecule has 0 aliphatic carbocycles. The average molecular weight is 422 g/mol. The number of hydrogen-bond donors (Lipinski definition) is 1. The molecule has 3 rings (SSSR count). The maximum absolute atomic E-state index is 12.2. The van der Waals surface area contributed by atoms with Crippen molar-refractivity contribution < 1.29 is 27.4 Å². The molecule has 152 valence electrons. The van der Waals surface area contributed by atoms with Gasteiger partial charge in [-0.15, -0.1) is 24.5 Å². The molecule has 0 aliphatic heterocycles. The van der Waals surface area contributed by atoms with E-state index in [9.17, 15) is 18.0 Å². The summed E-state index contributed by atoms with van der Waals surface area (Å²) in [4.78, 5) is 16.7. The predicted octanol–water partition coefficient (Wildman–Crippen LogP) is 5.29. The molecule has 0 atom stereocenters. The minimum Gasteiger partial charge on any atom is -0.493 e. The first-order valence-corrected chi connectivity index (χ1v) is 9.54. The number of alkyl halides is 3. The lowest BCUT2D eigenvalue weighted by Gasteiger charge is -2.09. The highest BCUT2D eigenvalue weighted by atomic mass is 32.1. The lowest BCUT2D eigenvalue weighted by Crippen LogP contribution is -2.17. The number of carbonyl (C=O) groups is 1. The first kappa shape index (κ1) is 20.7. The van der Waals surface area contributed by atoms with Crippen LogP contribution in [0.5, 0.6) is 11.5 Å². The van der Waals surface area contributed by atoms with Gasteiger partial charge in [0.2, 0.25) is 5.91 Å². The fourth-order valence-electron chi connectivity index (χ4n) is 2.55. The van der Waals surface area contributed by atoms with Crippen LogP contribution in [0.15, 0.2) is 53.9 Å². The standard InChI is InChI=1S/C20H17F3N2O3S/c1-2-27-17-6-4-3-5-16(17)19-25-14(12-29-19)11-18(26)24-13-7-9-15(10-8-13)28-20(21,22)23/h3-10,12H,2,11H2,1H3,(H,24,26). The third-order valence-corrected chi connectivity index (χ3v) is 4.61. The second kappa shape index (κ2) is 8.95. The number of carbonyl (C=O) groups excluding carboxylic acids is 1. The van der Waals surface area contributed by atoms with Crippen molar-refractivity contribution in [1.82, 2.24) is 4.98 Å². The predicted molar refractivity (Wildman–Crippen MR) is 104 cm³/mol. The Bertz CT molecular complexity index is 972. The van der Waals surface area contributed by atoms with Crippen LogP contribution in [0.4, 0.5) is 18.9 Å². The number of hydrogen-bond acceptors (Lipinski definition) is 5. The molecule has 0 bridgehead atoms. The van der Waals surface area contributed by atoms with Gasteiger partial charge in [0.25, 0.3) is 0 Å². The highest BCUT2D eigenvalue weighted by molar-refractivity contribution is 7.13. The van der Waals surface area contributed by atoms with Crippen LogP contribution >= 0.6 is 11.3 Å². The van der Waals surface area contributed by atoms with Crippen molar-refractivity contribution >= 4 is 22.9 Å². The molecule has 1 heterocycles. The molecule has 3 aromatic rings. The molecule has 1 amide bonds. The maximum atomic E-state index is 12.2. The molecule has 0 fully saturated rings. The van der Waals surface area contributed by atoms with Crippen LogP contribution in [0.1, 0.15) is 12.6 Å². The summed E-state index contributed by atoms with van der Waals surface area (Å²) in [6.45, 7) is 2.43. The van der Waals surface area contributed by atoms with Gasteiger partial charge in [-0.05, 0) is 43.3 Å². The van der Waals surface area contributed by atoms with Crippen molar-refractivity contribution in [3.05, 3.63) is 59.6 Å². The number of anilines is 1. The van der Waals surface area contributed by atoms with Crippen molar-refractivity contribution in [2.45, 2.75) is 19.7 Å². The van der Waals surface area contributed by atoms with Crippen LogP contribution in [0.25, 0.3) is 10.6 Å². The Kier molecular flexibility index (Phi) is 6.38. The maximum Gasteiger partial charge on any atom is 0.573 e. The number of rotatable bonds is 7. The number of halogens is 3. The minimum atomic E-state index is -4.76. The van der Waals surface area contributed by atoms with Gasteiger partial charge in [-0.2, -0.15) is 0 Å². The molecule has 0 saturated carbocycles. The molecule has 2 aromatic carbocycles. The third-order valence-electron chi connectivity index (χ3n) is 3.68. The number of nitrogens with one attached hydrogen (secondary N) is 1. The van der Waals surface area contributed by atoms with Crippen molar-refractivity contribution in [3.8, 4) is 22.1 Å². The van der Waals surface area contributed by atoms with E-state index in [2.05, 4.69) is 15.0 Å². The lowest BCUT2D eigenvalue weighted by atomic mass is 10.2. The van der Waals surface area contributed by atoms with Crippen molar-refractivity contribution in [2.75, 3.05) is 11.9 Å². The van der Waals surface area contributed by atoms with Crippen LogP contribution < -0.4 is 14.8 Å². The van der Waals surface area contributed by atoms with E-state index < -0.39 is 6.36 Å². The summed E-state index contributed by atoms with van der Waals surface area (Å²) >= 11 is 1.40. The number of para-hydroxylation sites is 1. The van der Waals surface area contributed by atoms with Gasteiger partial charge in [0, 0.05) is 11.1 Å². The van der Waals surface area contributed by atoms with Crippen LogP contribution in [-0.4, -0.2) is 23.9 Å². The minimum absolute atomic E-state index is 0.0358. The Balaban J connectivity index is 1.62. The molecular weight excluding hydrogens is 405 g/mol. The van der Waals surface area contributed by atoms with Gasteiger partial charge in [-0.25, -0.2) is 4.98 Å². The summed E-state index contributed by atoms with van der Waals surface area (Å²) < 4.78 is 45.9. The molecule has 0 aliphatic rings. The van der Waals surface area contributed by atoms with Gasteiger partial charge >= 0.3 is 6.36 Å². The van der Waals surface area contributed by atoms with Crippen LogP contribution in [0, 0.1) is 0 Å². The summed E-state index contributed by atoms with van der Waals surface area (Å²) in [6, 6.07) is 12.5. The topological polar surface area (TPSA) is 60.5 Å². The molecule has 29 heavy (non-hydrogen) atoms. The fraction of sp³-hybridized carbons (Fsp3) is 0.200. The molecule has 0 spiro atoms. The number of nitrogens with zero attached hydrogens (tertiary/aromatic N) is 1. The second-order valence-electron chi connectivity index (χ2n) is 5.87. The normalized spacial score (nSPS) is 11.2. The summed E-state index contributed by atoms with van der Waals surface area (Å²) in [7, 11) is 0. The SMILES string of the molecule is CCOc1ccccc1-c1nc(CC(=O)Nc2ccc(OC(F)(F)F)cc2)cs1. The quantitative estimate of drug-likeness (QED) is 0.562. The van der Waals surface area contributed by atoms with Crippen LogP contribution in [0.3, 0.4) is 0 Å². The Morgan fingerprint density at radius 1 is 1.14 bits per heavy atom. The number of benzene rings is 2. The number of aromatic nitrogens is 1. The van der Waals surface area contributed by atoms with E-state index in [0.717, 1.165) is 28.5 Å². The smallest absolute Gasteiger partial charge is 0.493 e. The molecule has 9 heteroatoms. The van der Waals surface area contributed by atoms with Gasteiger partial charge in [0.1, 0.15) is 16.5 Å². The first-order chi connectivity index (χ1) is 13.8. The molecule has 5 nitrogen and oxygen atoms in total. The molecule has 1 N–H and O–H groups in total. The van der Waals surface area contributed by atoms with Gasteiger partial charge in [-0.1, -0.05) is 12.1 Å². The molecule has 0 unspecified atom stereocenters. The summed E-state index contributed by atoms with van der Waals surface area (Å²) in [5, 5.41) is 5.16. The number of amides is 1. The molecule has 1 aromatic heterocycles. The second-order valence-corrected chi connectivity index (χ2v) is 6.73. The molecule has 0 saturated heterocycles. The van der Waals surface area contributed by atoms with Crippen LogP contribution in [0.2, 0.25) is 0 Å². The largest absolute Gasteiger partial charge is 0.573 e. The fourth-order valence-corrected chi connectivity index (χ4v) is 3.40. The summed E-state index contributed by atoms with van der Waals surface area (Å²) in [5.41, 5.74) is 1.80. The van der Waals surface area contributed by atoms with Crippen molar-refractivity contribution in [3.63, 3.8) is 0 Å². The van der Waals surface area contributed by atoms with Crippen LogP contribution in [-0.2, 0) is 11.2 Å². The van der Waals surface area contributed by atoms with E-state index in [4.69, 9.17) is 4.74 Å². The monoisotopic (exact) mass is 422 g/mol. The first-order valence-electron chi connectivity index (χ1n) is 8.66. The van der Waals surface area contributed by atoms with E-state index in [1.54, 1.807) is 5.38 Å². The number of thiazole rings is 1. The van der Waals surface area contributed by atoms with E-state index in [1.807, 2.05) is 31.2 Å². The Labute approximate surface area is 169 Å². The highest BCUT2D eigenvalue weighted by Crippen LogP contribution is 2.32. The third kappa shape index (κ3) is 5.95. The molecule has 0 radical (unpaired) electrons. The number of ether oxygens (including phenoxy) is 2. The Morgan fingerprint density at radius 3 is 2.55 bits per heavy atom. The summed E-state index contributed by atoms with van der Waals surface area (Å²) in [6.07, 6.45) is -4.72. The zero-order valence-corrected chi connectivity index (χ0v) is 16.1. The van der Waals surface area contributed by atoms with Gasteiger partial charge < -0.3 is 14.8 Å². The van der Waals surface area contributed by atoms with Crippen molar-refractivity contribution in [2.24, 2.45) is 0 Å². The van der Waals surface area contributed by atoms with E-state index in [0.29, 0.717) is 18.0 Å². The van der Waals surface area contributed by atoms with Gasteiger partial charge in [0.05, 0.1) is 24.3 Å². The van der Waals surface area contributed by atoms with E-state index in [-0.39, 0.29) is 18.1 Å². The average Bonchev–Trinajstić information content (AvgIpc) is 3.11. The Hall–Kier alpha value is -3.07. The van der Waals surface area contributed by atoms with E-state index >= 15 is 0 Å². The van der Waals surface area contributed by atoms with E-state index in [1.165, 1.54) is 23.5 Å². The molecular formula is C20H17F3N2O3S. The van der Waals surface area contributed by atoms with Gasteiger partial charge in [-0.3, -0.25) is 4.79 Å². The lowest BCUT2D eigenvalue weighted by molar-refractivity contribution is -0.274. The Morgan fingerprint density at radius 2 is 1.86 bits per heavy atom. The van der Waals surface area contributed by atoms with Crippen molar-refractivity contribution in [1.29, 1.82) is 0 Å².